The number of sulfone groups is 1. The van der Waals surface area contributed by atoms with E-state index in [0.717, 1.165) is 32.8 Å². The summed E-state index contributed by atoms with van der Waals surface area (Å²) in [5, 5.41) is 0.925. The van der Waals surface area contributed by atoms with E-state index in [2.05, 4.69) is 16.0 Å². The molecule has 1 aliphatic carbocycles. The van der Waals surface area contributed by atoms with Gasteiger partial charge in [0.25, 0.3) is 0 Å². The highest BCUT2D eigenvalue weighted by Gasteiger charge is 2.18. The number of rotatable bonds is 6. The van der Waals surface area contributed by atoms with E-state index in [0.29, 0.717) is 16.6 Å². The predicted molar refractivity (Wildman–Crippen MR) is 122 cm³/mol. The quantitative estimate of drug-likeness (QED) is 0.560. The van der Waals surface area contributed by atoms with E-state index < -0.39 is 21.0 Å². The molecule has 0 bridgehead atoms. The summed E-state index contributed by atoms with van der Waals surface area (Å²) >= 11 is -1.05. The van der Waals surface area contributed by atoms with Crippen LogP contribution in [-0.2, 0) is 21.0 Å². The van der Waals surface area contributed by atoms with Crippen molar-refractivity contribution in [1.29, 1.82) is 0 Å². The molecule has 2 aromatic heterocycles. The van der Waals surface area contributed by atoms with Gasteiger partial charge in [-0.3, -0.25) is 0 Å². The Bertz CT molecular complexity index is 1170. The van der Waals surface area contributed by atoms with E-state index in [4.69, 9.17) is 0 Å². The molecular formula is C23H26N2O3S2. The van der Waals surface area contributed by atoms with Crippen LogP contribution in [0.4, 0.5) is 0 Å². The van der Waals surface area contributed by atoms with Crippen LogP contribution in [0.1, 0.15) is 43.9 Å². The maximum absolute atomic E-state index is 12.2. The molecule has 7 heteroatoms. The van der Waals surface area contributed by atoms with Crippen LogP contribution in [0, 0.1) is 5.92 Å². The van der Waals surface area contributed by atoms with Crippen LogP contribution in [0.15, 0.2) is 58.5 Å². The third kappa shape index (κ3) is 4.48. The van der Waals surface area contributed by atoms with Crippen molar-refractivity contribution in [3.05, 3.63) is 59.9 Å². The zero-order valence-corrected chi connectivity index (χ0v) is 18.9. The highest BCUT2D eigenvalue weighted by atomic mass is 32.2. The van der Waals surface area contributed by atoms with Crippen molar-refractivity contribution in [1.82, 2.24) is 9.97 Å². The molecule has 1 unspecified atom stereocenters. The minimum absolute atomic E-state index is 0.316. The largest absolute Gasteiger partial charge is 0.611 e. The first-order valence-electron chi connectivity index (χ1n) is 10.2. The van der Waals surface area contributed by atoms with Crippen molar-refractivity contribution in [2.45, 2.75) is 42.4 Å². The molecule has 1 aliphatic rings. The Balaban J connectivity index is 1.78. The van der Waals surface area contributed by atoms with Crippen molar-refractivity contribution >= 4 is 37.6 Å². The Morgan fingerprint density at radius 3 is 2.57 bits per heavy atom. The Morgan fingerprint density at radius 2 is 1.93 bits per heavy atom. The highest BCUT2D eigenvalue weighted by molar-refractivity contribution is 7.91. The number of allylic oxidation sites excluding steroid dienone is 1. The SMILES string of the molecule is CC[S+]([O-])c1cnc2[nH]c(/C(=C/C3CCCC3)c3ccc(S(C)(=O)=O)cc3)cc2c1. The van der Waals surface area contributed by atoms with Gasteiger partial charge in [0, 0.05) is 29.0 Å². The Hall–Kier alpha value is -2.09. The van der Waals surface area contributed by atoms with Gasteiger partial charge >= 0.3 is 0 Å². The number of hydrogen-bond acceptors (Lipinski definition) is 4. The number of fused-ring (bicyclic) bond motifs is 1. The Kier molecular flexibility index (Phi) is 6.04. The Labute approximate surface area is 180 Å². The molecule has 1 saturated carbocycles. The van der Waals surface area contributed by atoms with Crippen LogP contribution in [0.3, 0.4) is 0 Å². The summed E-state index contributed by atoms with van der Waals surface area (Å²) < 4.78 is 35.8. The molecule has 1 aromatic carbocycles. The number of pyridine rings is 1. The lowest BCUT2D eigenvalue weighted by atomic mass is 9.96. The smallest absolute Gasteiger partial charge is 0.175 e. The van der Waals surface area contributed by atoms with Crippen LogP contribution in [0.2, 0.25) is 0 Å². The lowest BCUT2D eigenvalue weighted by Gasteiger charge is -2.11. The molecule has 4 rings (SSSR count). The molecule has 158 valence electrons. The van der Waals surface area contributed by atoms with Gasteiger partial charge in [-0.2, -0.15) is 0 Å². The summed E-state index contributed by atoms with van der Waals surface area (Å²) in [5.74, 6) is 1.07. The van der Waals surface area contributed by atoms with Gasteiger partial charge in [0.05, 0.1) is 11.1 Å². The maximum Gasteiger partial charge on any atom is 0.175 e. The second-order valence-electron chi connectivity index (χ2n) is 7.85. The lowest BCUT2D eigenvalue weighted by molar-refractivity contribution is 0.596. The summed E-state index contributed by atoms with van der Waals surface area (Å²) in [7, 11) is -3.23. The fourth-order valence-corrected chi connectivity index (χ4v) is 5.41. The predicted octanol–water partition coefficient (Wildman–Crippen LogP) is 4.72. The van der Waals surface area contributed by atoms with Gasteiger partial charge in [-0.1, -0.05) is 31.1 Å². The van der Waals surface area contributed by atoms with Crippen molar-refractivity contribution in [2.24, 2.45) is 5.92 Å². The van der Waals surface area contributed by atoms with E-state index in [1.54, 1.807) is 18.3 Å². The standard InChI is InChI=1S/C23H26N2O3S2/c1-3-29(26)19-13-18-14-22(25-23(18)24-15-19)21(12-16-6-4-5-7-16)17-8-10-20(11-9-17)30(2,27)28/h8-16H,3-7H2,1-2H3,(H,24,25)/b21-12+. The molecule has 1 atom stereocenters. The number of nitrogens with zero attached hydrogens (tertiary/aromatic N) is 1. The van der Waals surface area contributed by atoms with Crippen molar-refractivity contribution in [3.63, 3.8) is 0 Å². The minimum Gasteiger partial charge on any atom is -0.611 e. The number of hydrogen-bond donors (Lipinski definition) is 1. The monoisotopic (exact) mass is 442 g/mol. The number of H-pyrrole nitrogens is 1. The summed E-state index contributed by atoms with van der Waals surface area (Å²) in [6.45, 7) is 1.89. The van der Waals surface area contributed by atoms with Crippen molar-refractivity contribution in [2.75, 3.05) is 12.0 Å². The first-order chi connectivity index (χ1) is 14.3. The zero-order chi connectivity index (χ0) is 21.3. The normalized spacial score (nSPS) is 17.0. The number of aromatic nitrogens is 2. The van der Waals surface area contributed by atoms with Crippen molar-refractivity contribution < 1.29 is 13.0 Å². The van der Waals surface area contributed by atoms with E-state index >= 15 is 0 Å². The van der Waals surface area contributed by atoms with Gasteiger partial charge in [0.1, 0.15) is 11.4 Å². The molecule has 3 aromatic rings. The lowest BCUT2D eigenvalue weighted by Crippen LogP contribution is -2.03. The molecule has 5 nitrogen and oxygen atoms in total. The molecule has 30 heavy (non-hydrogen) atoms. The average Bonchev–Trinajstić information content (AvgIpc) is 3.39. The molecular weight excluding hydrogens is 416 g/mol. The van der Waals surface area contributed by atoms with Crippen LogP contribution < -0.4 is 0 Å². The third-order valence-corrected chi connectivity index (χ3v) is 8.06. The minimum atomic E-state index is -3.23. The summed E-state index contributed by atoms with van der Waals surface area (Å²) in [6, 6.07) is 11.0. The average molecular weight is 443 g/mol. The van der Waals surface area contributed by atoms with Gasteiger partial charge < -0.3 is 9.54 Å². The number of nitrogens with one attached hydrogen (secondary N) is 1. The summed E-state index contributed by atoms with van der Waals surface area (Å²) in [5.41, 5.74) is 3.72. The van der Waals surface area contributed by atoms with Gasteiger partial charge in [-0.05, 0) is 60.6 Å². The fraction of sp³-hybridized carbons (Fsp3) is 0.348. The molecule has 1 fully saturated rings. The molecule has 0 aliphatic heterocycles. The molecule has 0 spiro atoms. The second-order valence-corrected chi connectivity index (χ2v) is 11.6. The maximum atomic E-state index is 12.2. The zero-order valence-electron chi connectivity index (χ0n) is 17.2. The van der Waals surface area contributed by atoms with E-state index in [-0.39, 0.29) is 0 Å². The highest BCUT2D eigenvalue weighted by Crippen LogP contribution is 2.33. The number of benzene rings is 1. The third-order valence-electron chi connectivity index (χ3n) is 5.66. The van der Waals surface area contributed by atoms with Gasteiger partial charge in [-0.25, -0.2) is 13.4 Å². The van der Waals surface area contributed by atoms with Crippen LogP contribution in [-0.4, -0.2) is 34.9 Å². The van der Waals surface area contributed by atoms with Crippen LogP contribution in [0.25, 0.3) is 16.6 Å². The first kappa shape index (κ1) is 21.2. The van der Waals surface area contributed by atoms with Crippen LogP contribution >= 0.6 is 0 Å². The second kappa shape index (κ2) is 8.57. The Morgan fingerprint density at radius 1 is 1.23 bits per heavy atom. The molecule has 2 heterocycles. The summed E-state index contributed by atoms with van der Waals surface area (Å²) in [6.07, 6.45) is 10.0. The molecule has 0 amide bonds. The number of aromatic amines is 1. The molecule has 0 saturated heterocycles. The molecule has 0 radical (unpaired) electrons. The van der Waals surface area contributed by atoms with E-state index in [1.165, 1.54) is 31.9 Å². The first-order valence-corrected chi connectivity index (χ1v) is 13.5. The summed E-state index contributed by atoms with van der Waals surface area (Å²) in [4.78, 5) is 8.92. The molecule has 1 N–H and O–H groups in total. The van der Waals surface area contributed by atoms with Crippen molar-refractivity contribution in [3.8, 4) is 0 Å². The van der Waals surface area contributed by atoms with E-state index in [1.807, 2.05) is 31.2 Å². The van der Waals surface area contributed by atoms with Crippen LogP contribution in [0.5, 0.6) is 0 Å². The van der Waals surface area contributed by atoms with E-state index in [9.17, 15) is 13.0 Å². The van der Waals surface area contributed by atoms with Gasteiger partial charge in [0.2, 0.25) is 0 Å². The fourth-order valence-electron chi connectivity index (χ4n) is 4.01. The van der Waals surface area contributed by atoms with Gasteiger partial charge in [-0.15, -0.1) is 0 Å². The topological polar surface area (TPSA) is 85.9 Å². The van der Waals surface area contributed by atoms with Gasteiger partial charge in [0.15, 0.2) is 14.7 Å².